The highest BCUT2D eigenvalue weighted by atomic mass is 127. The number of carboxylic acid groups (broad SMARTS) is 3. The van der Waals surface area contributed by atoms with Crippen LogP contribution in [0.2, 0.25) is 0 Å². The molecule has 1 aliphatic rings. The lowest BCUT2D eigenvalue weighted by molar-refractivity contribution is -0.172. The molecule has 0 bridgehead atoms. The first kappa shape index (κ1) is 48.9. The number of benzene rings is 2. The lowest BCUT2D eigenvalue weighted by atomic mass is 10.1. The molecule has 0 aromatic heterocycles. The SMILES string of the molecule is C[C@@H](CC(=O)N[C@@H](CC(=O)O)CC(=O)N(CCCCNC(=O)c1cccc(I)c1)CC(=O)O)NC(=O)C[C@H](CC(=O)O)NC(=O)c1cccc(C(=O)ON2C(=O)CCC2=O)c1. The molecule has 21 nitrogen and oxygen atoms in total. The number of carboxylic acids is 3. The van der Waals surface area contributed by atoms with Crippen LogP contribution < -0.4 is 21.3 Å². The van der Waals surface area contributed by atoms with E-state index in [1.54, 1.807) is 18.2 Å². The quantitative estimate of drug-likeness (QED) is 0.0436. The molecule has 0 aliphatic carbocycles. The van der Waals surface area contributed by atoms with Crippen LogP contribution in [0.4, 0.5) is 0 Å². The Bertz CT molecular complexity index is 2010. The first-order valence-electron chi connectivity index (χ1n) is 18.9. The van der Waals surface area contributed by atoms with Gasteiger partial charge in [-0.2, -0.15) is 0 Å². The summed E-state index contributed by atoms with van der Waals surface area (Å²) < 4.78 is 0.876. The smallest absolute Gasteiger partial charge is 0.363 e. The maximum atomic E-state index is 13.2. The fourth-order valence-corrected chi connectivity index (χ4v) is 6.49. The number of halogens is 1. The molecule has 61 heavy (non-hydrogen) atoms. The number of rotatable bonds is 24. The molecular weight excluding hydrogens is 919 g/mol. The zero-order chi connectivity index (χ0) is 45.2. The highest BCUT2D eigenvalue weighted by Gasteiger charge is 2.33. The number of hydroxylamine groups is 2. The second kappa shape index (κ2) is 24.0. The van der Waals surface area contributed by atoms with E-state index in [0.29, 0.717) is 23.5 Å². The number of hydrogen-bond acceptors (Lipinski definition) is 12. The van der Waals surface area contributed by atoms with Crippen LogP contribution in [-0.4, -0.2) is 128 Å². The number of hydrogen-bond donors (Lipinski definition) is 7. The number of carbonyl (C=O) groups excluding carboxylic acids is 8. The van der Waals surface area contributed by atoms with E-state index in [9.17, 15) is 68.1 Å². The summed E-state index contributed by atoms with van der Waals surface area (Å²) in [6.07, 6.45) is -2.52. The van der Waals surface area contributed by atoms with Gasteiger partial charge in [-0.1, -0.05) is 12.1 Å². The van der Waals surface area contributed by atoms with Crippen molar-refractivity contribution in [3.8, 4) is 0 Å². The summed E-state index contributed by atoms with van der Waals surface area (Å²) in [5, 5.41) is 38.7. The molecule has 1 aliphatic heterocycles. The molecular formula is C39H45IN6O15. The Morgan fingerprint density at radius 2 is 1.28 bits per heavy atom. The van der Waals surface area contributed by atoms with E-state index in [0.717, 1.165) is 14.5 Å². The van der Waals surface area contributed by atoms with Crippen LogP contribution >= 0.6 is 22.6 Å². The molecule has 3 atom stereocenters. The molecule has 1 fully saturated rings. The summed E-state index contributed by atoms with van der Waals surface area (Å²) in [4.78, 5) is 141. The van der Waals surface area contributed by atoms with Crippen molar-refractivity contribution in [3.05, 3.63) is 68.8 Å². The molecule has 1 heterocycles. The van der Waals surface area contributed by atoms with Gasteiger partial charge in [-0.15, -0.1) is 5.06 Å². The molecule has 2 aromatic carbocycles. The van der Waals surface area contributed by atoms with Crippen molar-refractivity contribution in [2.24, 2.45) is 0 Å². The second-order valence-electron chi connectivity index (χ2n) is 13.9. The molecule has 3 rings (SSSR count). The zero-order valence-electron chi connectivity index (χ0n) is 32.8. The summed E-state index contributed by atoms with van der Waals surface area (Å²) in [5.41, 5.74) is 0.113. The third-order valence-corrected chi connectivity index (χ3v) is 9.41. The molecule has 0 saturated carbocycles. The lowest BCUT2D eigenvalue weighted by Gasteiger charge is -2.24. The van der Waals surface area contributed by atoms with Crippen LogP contribution in [0.1, 0.15) is 95.8 Å². The summed E-state index contributed by atoms with van der Waals surface area (Å²) >= 11 is 2.08. The molecule has 0 unspecified atom stereocenters. The van der Waals surface area contributed by atoms with Gasteiger partial charge in [-0.25, -0.2) is 4.79 Å². The molecule has 328 valence electrons. The van der Waals surface area contributed by atoms with Crippen LogP contribution in [0.3, 0.4) is 0 Å². The van der Waals surface area contributed by atoms with E-state index in [-0.39, 0.29) is 43.0 Å². The van der Waals surface area contributed by atoms with Gasteiger partial charge in [0.1, 0.15) is 6.54 Å². The minimum absolute atomic E-state index is 0.0312. The van der Waals surface area contributed by atoms with Crippen molar-refractivity contribution in [1.29, 1.82) is 0 Å². The number of aliphatic carboxylic acids is 3. The maximum absolute atomic E-state index is 13.2. The van der Waals surface area contributed by atoms with Crippen molar-refractivity contribution in [2.75, 3.05) is 19.6 Å². The van der Waals surface area contributed by atoms with Gasteiger partial charge in [-0.05, 0) is 78.8 Å². The summed E-state index contributed by atoms with van der Waals surface area (Å²) in [7, 11) is 0. The Labute approximate surface area is 362 Å². The molecule has 7 N–H and O–H groups in total. The van der Waals surface area contributed by atoms with Crippen molar-refractivity contribution >= 4 is 87.8 Å². The third kappa shape index (κ3) is 17.3. The first-order chi connectivity index (χ1) is 28.8. The van der Waals surface area contributed by atoms with Gasteiger partial charge in [0.05, 0.1) is 18.4 Å². The molecule has 0 spiro atoms. The first-order valence-corrected chi connectivity index (χ1v) is 19.9. The largest absolute Gasteiger partial charge is 0.481 e. The fraction of sp³-hybridized carbons (Fsp3) is 0.410. The average molecular weight is 965 g/mol. The van der Waals surface area contributed by atoms with Gasteiger partial charge < -0.3 is 46.3 Å². The predicted molar refractivity (Wildman–Crippen MR) is 217 cm³/mol. The highest BCUT2D eigenvalue weighted by molar-refractivity contribution is 14.1. The average Bonchev–Trinajstić information content (AvgIpc) is 3.48. The van der Waals surface area contributed by atoms with Crippen molar-refractivity contribution in [3.63, 3.8) is 0 Å². The van der Waals surface area contributed by atoms with Crippen LogP contribution in [0, 0.1) is 3.57 Å². The van der Waals surface area contributed by atoms with E-state index in [1.165, 1.54) is 25.1 Å². The minimum atomic E-state index is -1.37. The molecule has 0 radical (unpaired) electrons. The monoisotopic (exact) mass is 964 g/mol. The van der Waals surface area contributed by atoms with Crippen molar-refractivity contribution < 1.29 is 72.9 Å². The van der Waals surface area contributed by atoms with E-state index in [2.05, 4.69) is 43.9 Å². The van der Waals surface area contributed by atoms with Gasteiger partial charge in [0, 0.05) is 78.0 Å². The van der Waals surface area contributed by atoms with Crippen molar-refractivity contribution in [2.45, 2.75) is 82.8 Å². The van der Waals surface area contributed by atoms with Crippen molar-refractivity contribution in [1.82, 2.24) is 31.2 Å². The normalized spacial score (nSPS) is 13.6. The number of nitrogens with one attached hydrogen (secondary N) is 4. The van der Waals surface area contributed by atoms with E-state index in [1.807, 2.05) is 6.07 Å². The van der Waals surface area contributed by atoms with Gasteiger partial charge in [0.2, 0.25) is 17.7 Å². The molecule has 1 saturated heterocycles. The Kier molecular flexibility index (Phi) is 19.2. The zero-order valence-corrected chi connectivity index (χ0v) is 35.0. The Morgan fingerprint density at radius 3 is 1.89 bits per heavy atom. The van der Waals surface area contributed by atoms with Gasteiger partial charge >= 0.3 is 23.9 Å². The van der Waals surface area contributed by atoms with Gasteiger partial charge in [0.25, 0.3) is 23.6 Å². The molecule has 7 amide bonds. The van der Waals surface area contributed by atoms with E-state index >= 15 is 0 Å². The number of nitrogens with zero attached hydrogens (tertiary/aromatic N) is 2. The number of imide groups is 1. The Balaban J connectivity index is 1.52. The van der Waals surface area contributed by atoms with Crippen LogP contribution in [0.5, 0.6) is 0 Å². The molecule has 22 heteroatoms. The van der Waals surface area contributed by atoms with Crippen LogP contribution in [0.25, 0.3) is 0 Å². The van der Waals surface area contributed by atoms with Gasteiger partial charge in [-0.3, -0.25) is 47.9 Å². The predicted octanol–water partition coefficient (Wildman–Crippen LogP) is 0.843. The summed E-state index contributed by atoms with van der Waals surface area (Å²) in [6, 6.07) is 8.38. The lowest BCUT2D eigenvalue weighted by Crippen LogP contribution is -2.46. The van der Waals surface area contributed by atoms with Crippen LogP contribution in [0.15, 0.2) is 48.5 Å². The summed E-state index contributed by atoms with van der Waals surface area (Å²) in [5.74, 6) is -10.1. The Morgan fingerprint density at radius 1 is 0.705 bits per heavy atom. The van der Waals surface area contributed by atoms with Gasteiger partial charge in [0.15, 0.2) is 0 Å². The minimum Gasteiger partial charge on any atom is -0.481 e. The highest BCUT2D eigenvalue weighted by Crippen LogP contribution is 2.16. The topological polar surface area (TPSA) is 312 Å². The number of unbranched alkanes of at least 4 members (excludes halogenated alkanes) is 1. The summed E-state index contributed by atoms with van der Waals surface area (Å²) in [6.45, 7) is 0.937. The fourth-order valence-electron chi connectivity index (χ4n) is 5.95. The molecule has 2 aromatic rings. The number of carbonyl (C=O) groups is 11. The third-order valence-electron chi connectivity index (χ3n) is 8.74. The standard InChI is InChI=1S/C39H45IN6O15/c1-22(42-30(48)17-27(19-34(52)53)44-38(59)23-6-4-8-25(15-23)39(60)61-46-31(49)10-11-32(46)50)14-29(47)43-28(20-35(54)55)18-33(51)45(21-36(56)57)13-3-2-12-41-37(58)24-7-5-9-26(40)16-24/h4-9,15-16,22,27-28H,2-3,10-14,17-21H2,1H3,(H,41,58)(H,42,48)(H,43,47)(H,44,59)(H,52,53)(H,54,55)(H,56,57)/t22-,27+,28+/m0/s1. The second-order valence-corrected chi connectivity index (χ2v) is 15.2. The number of amides is 7. The maximum Gasteiger partial charge on any atom is 0.363 e. The van der Waals surface area contributed by atoms with E-state index < -0.39 is 116 Å². The Hall–Kier alpha value is -6.46. The van der Waals surface area contributed by atoms with Crippen LogP contribution in [-0.2, 0) is 43.2 Å². The van der Waals surface area contributed by atoms with E-state index in [4.69, 9.17) is 4.84 Å².